The van der Waals surface area contributed by atoms with Crippen LogP contribution in [0.3, 0.4) is 0 Å². The summed E-state index contributed by atoms with van der Waals surface area (Å²) in [4.78, 5) is 0. The van der Waals surface area contributed by atoms with Gasteiger partial charge in [-0.2, -0.15) is 0 Å². The molecule has 0 aromatic heterocycles. The van der Waals surface area contributed by atoms with Gasteiger partial charge in [0.05, 0.1) is 5.02 Å². The first-order chi connectivity index (χ1) is 7.69. The molecule has 1 aromatic rings. The maximum absolute atomic E-state index is 6.12. The van der Waals surface area contributed by atoms with Crippen molar-refractivity contribution in [3.8, 4) is 0 Å². The smallest absolute Gasteiger partial charge is 0.0542 e. The normalized spacial score (nSPS) is 12.8. The zero-order valence-electron chi connectivity index (χ0n) is 9.59. The van der Waals surface area contributed by atoms with Gasteiger partial charge in [-0.3, -0.25) is 0 Å². The number of rotatable bonds is 6. The second-order valence-corrected chi connectivity index (χ2v) is 5.22. The maximum atomic E-state index is 6.12. The standard InChI is InChI=1S/C12H17ClINO/c1-15-12(4-3-7-16-2)9-5-6-11(14)10(13)8-9/h5-6,8,12,15H,3-4,7H2,1-2H3. The molecule has 1 rings (SSSR count). The molecule has 0 heterocycles. The van der Waals surface area contributed by atoms with Crippen LogP contribution < -0.4 is 5.32 Å². The Balaban J connectivity index is 2.67. The molecule has 0 aliphatic heterocycles. The van der Waals surface area contributed by atoms with E-state index < -0.39 is 0 Å². The Labute approximate surface area is 116 Å². The van der Waals surface area contributed by atoms with Crippen molar-refractivity contribution in [3.63, 3.8) is 0 Å². The molecule has 1 N–H and O–H groups in total. The second kappa shape index (κ2) is 7.48. The lowest BCUT2D eigenvalue weighted by Crippen LogP contribution is -2.16. The van der Waals surface area contributed by atoms with E-state index in [9.17, 15) is 0 Å². The summed E-state index contributed by atoms with van der Waals surface area (Å²) >= 11 is 8.36. The van der Waals surface area contributed by atoms with Gasteiger partial charge in [-0.15, -0.1) is 0 Å². The quantitative estimate of drug-likeness (QED) is 0.623. The fourth-order valence-electron chi connectivity index (χ4n) is 1.64. The lowest BCUT2D eigenvalue weighted by Gasteiger charge is -2.17. The van der Waals surface area contributed by atoms with E-state index in [0.717, 1.165) is 28.0 Å². The molecular weight excluding hydrogens is 336 g/mol. The first kappa shape index (κ1) is 14.2. The van der Waals surface area contributed by atoms with Gasteiger partial charge in [0, 0.05) is 23.3 Å². The van der Waals surface area contributed by atoms with Gasteiger partial charge < -0.3 is 10.1 Å². The van der Waals surface area contributed by atoms with E-state index in [1.165, 1.54) is 5.56 Å². The number of methoxy groups -OCH3 is 1. The molecule has 1 aromatic carbocycles. The topological polar surface area (TPSA) is 21.3 Å². The Bertz CT molecular complexity index is 333. The molecule has 16 heavy (non-hydrogen) atoms. The van der Waals surface area contributed by atoms with E-state index in [2.05, 4.69) is 40.0 Å². The third-order valence-electron chi connectivity index (χ3n) is 2.54. The van der Waals surface area contributed by atoms with Gasteiger partial charge in [0.2, 0.25) is 0 Å². The summed E-state index contributed by atoms with van der Waals surface area (Å²) in [6, 6.07) is 6.57. The summed E-state index contributed by atoms with van der Waals surface area (Å²) in [6.07, 6.45) is 2.10. The maximum Gasteiger partial charge on any atom is 0.0542 e. The summed E-state index contributed by atoms with van der Waals surface area (Å²) < 4.78 is 6.15. The summed E-state index contributed by atoms with van der Waals surface area (Å²) in [7, 11) is 3.71. The fraction of sp³-hybridized carbons (Fsp3) is 0.500. The Kier molecular flexibility index (Phi) is 6.65. The average Bonchev–Trinajstić information content (AvgIpc) is 2.29. The highest BCUT2D eigenvalue weighted by Crippen LogP contribution is 2.25. The number of hydrogen-bond acceptors (Lipinski definition) is 2. The number of benzene rings is 1. The van der Waals surface area contributed by atoms with Crippen molar-refractivity contribution < 1.29 is 4.74 Å². The highest BCUT2D eigenvalue weighted by Gasteiger charge is 2.10. The summed E-state index contributed by atoms with van der Waals surface area (Å²) in [5.41, 5.74) is 1.24. The van der Waals surface area contributed by atoms with Crippen molar-refractivity contribution in [2.75, 3.05) is 20.8 Å². The zero-order valence-corrected chi connectivity index (χ0v) is 12.5. The van der Waals surface area contributed by atoms with Crippen LogP contribution in [0.1, 0.15) is 24.4 Å². The van der Waals surface area contributed by atoms with Gasteiger partial charge in [0.25, 0.3) is 0 Å². The molecule has 0 aliphatic rings. The molecule has 2 nitrogen and oxygen atoms in total. The minimum atomic E-state index is 0.352. The molecule has 0 saturated carbocycles. The molecule has 0 bridgehead atoms. The SMILES string of the molecule is CNC(CCCOC)c1ccc(I)c(Cl)c1. The monoisotopic (exact) mass is 353 g/mol. The third kappa shape index (κ3) is 4.20. The van der Waals surface area contributed by atoms with Gasteiger partial charge in [-0.05, 0) is 60.2 Å². The molecule has 1 atom stereocenters. The highest BCUT2D eigenvalue weighted by molar-refractivity contribution is 14.1. The summed E-state index contributed by atoms with van der Waals surface area (Å²) in [5, 5.41) is 4.13. The van der Waals surface area contributed by atoms with Crippen molar-refractivity contribution in [2.45, 2.75) is 18.9 Å². The van der Waals surface area contributed by atoms with E-state index in [4.69, 9.17) is 16.3 Å². The Morgan fingerprint density at radius 3 is 2.81 bits per heavy atom. The van der Waals surface area contributed by atoms with Gasteiger partial charge in [0.1, 0.15) is 0 Å². The van der Waals surface area contributed by atoms with Crippen LogP contribution in [0.25, 0.3) is 0 Å². The van der Waals surface area contributed by atoms with E-state index in [-0.39, 0.29) is 0 Å². The predicted octanol–water partition coefficient (Wildman–Crippen LogP) is 3.63. The molecule has 0 aliphatic carbocycles. The number of halogens is 2. The minimum Gasteiger partial charge on any atom is -0.385 e. The van der Waals surface area contributed by atoms with E-state index >= 15 is 0 Å². The molecule has 0 fully saturated rings. The van der Waals surface area contributed by atoms with Crippen molar-refractivity contribution in [1.29, 1.82) is 0 Å². The third-order valence-corrected chi connectivity index (χ3v) is 4.11. The fourth-order valence-corrected chi connectivity index (χ4v) is 2.16. The number of hydrogen-bond donors (Lipinski definition) is 1. The van der Waals surface area contributed by atoms with Crippen LogP contribution in [0.15, 0.2) is 18.2 Å². The van der Waals surface area contributed by atoms with Crippen LogP contribution in [0.5, 0.6) is 0 Å². The number of nitrogens with one attached hydrogen (secondary N) is 1. The molecule has 4 heteroatoms. The van der Waals surface area contributed by atoms with Crippen LogP contribution in [0.4, 0.5) is 0 Å². The van der Waals surface area contributed by atoms with Crippen LogP contribution in [0, 0.1) is 3.57 Å². The highest BCUT2D eigenvalue weighted by atomic mass is 127. The molecule has 0 radical (unpaired) electrons. The van der Waals surface area contributed by atoms with E-state index in [1.807, 2.05) is 13.1 Å². The molecule has 0 spiro atoms. The molecule has 0 amide bonds. The van der Waals surface area contributed by atoms with Crippen molar-refractivity contribution in [1.82, 2.24) is 5.32 Å². The first-order valence-electron chi connectivity index (χ1n) is 5.30. The summed E-state index contributed by atoms with van der Waals surface area (Å²) in [6.45, 7) is 0.802. The van der Waals surface area contributed by atoms with Crippen LogP contribution in [0.2, 0.25) is 5.02 Å². The van der Waals surface area contributed by atoms with Crippen LogP contribution >= 0.6 is 34.2 Å². The lowest BCUT2D eigenvalue weighted by atomic mass is 10.0. The van der Waals surface area contributed by atoms with Crippen molar-refractivity contribution in [2.24, 2.45) is 0 Å². The molecule has 90 valence electrons. The van der Waals surface area contributed by atoms with E-state index in [0.29, 0.717) is 6.04 Å². The van der Waals surface area contributed by atoms with Gasteiger partial charge >= 0.3 is 0 Å². The Hall–Kier alpha value is 0.160. The van der Waals surface area contributed by atoms with Gasteiger partial charge in [-0.1, -0.05) is 17.7 Å². The van der Waals surface area contributed by atoms with Crippen molar-refractivity contribution in [3.05, 3.63) is 32.4 Å². The van der Waals surface area contributed by atoms with Crippen LogP contribution in [-0.2, 0) is 4.74 Å². The largest absolute Gasteiger partial charge is 0.385 e. The average molecular weight is 354 g/mol. The number of ether oxygens (including phenoxy) is 1. The molecular formula is C12H17ClINO. The lowest BCUT2D eigenvalue weighted by molar-refractivity contribution is 0.189. The van der Waals surface area contributed by atoms with E-state index in [1.54, 1.807) is 7.11 Å². The van der Waals surface area contributed by atoms with Crippen LogP contribution in [-0.4, -0.2) is 20.8 Å². The Morgan fingerprint density at radius 1 is 1.50 bits per heavy atom. The summed E-state index contributed by atoms with van der Waals surface area (Å²) in [5.74, 6) is 0. The van der Waals surface area contributed by atoms with Gasteiger partial charge in [0.15, 0.2) is 0 Å². The molecule has 0 saturated heterocycles. The second-order valence-electron chi connectivity index (χ2n) is 3.65. The zero-order chi connectivity index (χ0) is 12.0. The van der Waals surface area contributed by atoms with Gasteiger partial charge in [-0.25, -0.2) is 0 Å². The first-order valence-corrected chi connectivity index (χ1v) is 6.76. The van der Waals surface area contributed by atoms with Crippen molar-refractivity contribution >= 4 is 34.2 Å². The molecule has 1 unspecified atom stereocenters. The predicted molar refractivity (Wildman–Crippen MR) is 77.1 cm³/mol. The minimum absolute atomic E-state index is 0.352. The Morgan fingerprint density at radius 2 is 2.25 bits per heavy atom.